The van der Waals surface area contributed by atoms with Gasteiger partial charge in [0.05, 0.1) is 37.0 Å². The van der Waals surface area contributed by atoms with Crippen molar-refractivity contribution in [1.82, 2.24) is 5.32 Å². The summed E-state index contributed by atoms with van der Waals surface area (Å²) >= 11 is 13.9. The van der Waals surface area contributed by atoms with E-state index < -0.39 is 27.8 Å². The van der Waals surface area contributed by atoms with E-state index in [9.17, 15) is 23.1 Å². The smallest absolute Gasteiger partial charge is 0.326 e. The van der Waals surface area contributed by atoms with Gasteiger partial charge < -0.3 is 10.4 Å². The molecule has 0 bridgehead atoms. The first kappa shape index (κ1) is 22.7. The van der Waals surface area contributed by atoms with E-state index in [0.29, 0.717) is 22.0 Å². The van der Waals surface area contributed by atoms with Crippen LogP contribution in [-0.4, -0.2) is 43.6 Å². The van der Waals surface area contributed by atoms with Gasteiger partial charge >= 0.3 is 5.97 Å². The van der Waals surface area contributed by atoms with Gasteiger partial charge in [0, 0.05) is 12.7 Å². The lowest BCUT2D eigenvalue weighted by Gasteiger charge is -2.18. The number of halogens is 2. The maximum Gasteiger partial charge on any atom is 0.326 e. The molecule has 8 nitrogen and oxygen atoms in total. The highest BCUT2D eigenvalue weighted by Gasteiger charge is 2.29. The van der Waals surface area contributed by atoms with E-state index >= 15 is 0 Å². The number of aliphatic carboxylic acids is 1. The first-order valence-electron chi connectivity index (χ1n) is 8.48. The Bertz CT molecular complexity index is 1140. The SMILES string of the molecule is CS(=O)(=O)c1cccc(CC(NC(=O)c2c(Cl)cc3c(c2Cl)SCN3N)C(=O)O)c1. The van der Waals surface area contributed by atoms with Crippen LogP contribution in [0.3, 0.4) is 0 Å². The number of amides is 1. The fourth-order valence-corrected chi connectivity index (χ4v) is 5.35. The van der Waals surface area contributed by atoms with Crippen molar-refractivity contribution in [1.29, 1.82) is 0 Å². The third-order valence-corrected chi connectivity index (χ3v) is 7.42. The first-order valence-corrected chi connectivity index (χ1v) is 12.1. The summed E-state index contributed by atoms with van der Waals surface area (Å²) in [7, 11) is -3.46. The number of hydrogen-bond acceptors (Lipinski definition) is 7. The summed E-state index contributed by atoms with van der Waals surface area (Å²) in [4.78, 5) is 25.2. The van der Waals surface area contributed by atoms with Crippen molar-refractivity contribution in [2.45, 2.75) is 22.3 Å². The third kappa shape index (κ3) is 4.68. The molecule has 1 aliphatic rings. The molecule has 0 fully saturated rings. The van der Waals surface area contributed by atoms with Gasteiger partial charge in [0.1, 0.15) is 6.04 Å². The minimum atomic E-state index is -3.46. The van der Waals surface area contributed by atoms with Gasteiger partial charge in [-0.3, -0.25) is 9.80 Å². The van der Waals surface area contributed by atoms with E-state index in [1.807, 2.05) is 0 Å². The molecule has 4 N–H and O–H groups in total. The second-order valence-corrected chi connectivity index (χ2v) is 10.4. The summed E-state index contributed by atoms with van der Waals surface area (Å²) < 4.78 is 23.5. The van der Waals surface area contributed by atoms with Crippen molar-refractivity contribution in [3.63, 3.8) is 0 Å². The van der Waals surface area contributed by atoms with E-state index in [4.69, 9.17) is 29.0 Å². The number of thioether (sulfide) groups is 1. The fraction of sp³-hybridized carbons (Fsp3) is 0.222. The Morgan fingerprint density at radius 2 is 2.03 bits per heavy atom. The number of carboxylic acid groups (broad SMARTS) is 1. The Morgan fingerprint density at radius 3 is 2.67 bits per heavy atom. The van der Waals surface area contributed by atoms with Crippen molar-refractivity contribution in [2.75, 3.05) is 17.1 Å². The Labute approximate surface area is 187 Å². The zero-order valence-corrected chi connectivity index (χ0v) is 18.7. The molecule has 1 aliphatic heterocycles. The van der Waals surface area contributed by atoms with Gasteiger partial charge in [-0.2, -0.15) is 0 Å². The predicted molar refractivity (Wildman–Crippen MR) is 116 cm³/mol. The van der Waals surface area contributed by atoms with Gasteiger partial charge in [0.2, 0.25) is 0 Å². The average Bonchev–Trinajstić information content (AvgIpc) is 3.01. The number of anilines is 1. The molecule has 0 aliphatic carbocycles. The number of carbonyl (C=O) groups is 2. The van der Waals surface area contributed by atoms with Crippen LogP contribution in [0.2, 0.25) is 10.0 Å². The van der Waals surface area contributed by atoms with E-state index in [-0.39, 0.29) is 26.9 Å². The predicted octanol–water partition coefficient (Wildman–Crippen LogP) is 2.57. The Kier molecular flexibility index (Phi) is 6.54. The molecule has 1 amide bonds. The summed E-state index contributed by atoms with van der Waals surface area (Å²) in [6.07, 6.45) is 0.927. The fourth-order valence-electron chi connectivity index (χ4n) is 2.92. The molecular weight excluding hydrogens is 473 g/mol. The molecule has 1 unspecified atom stereocenters. The van der Waals surface area contributed by atoms with Crippen LogP contribution in [0.5, 0.6) is 0 Å². The van der Waals surface area contributed by atoms with Gasteiger partial charge in [0.25, 0.3) is 5.91 Å². The van der Waals surface area contributed by atoms with Crippen molar-refractivity contribution in [2.24, 2.45) is 5.84 Å². The van der Waals surface area contributed by atoms with Crippen molar-refractivity contribution in [3.05, 3.63) is 51.5 Å². The van der Waals surface area contributed by atoms with Gasteiger partial charge in [-0.15, -0.1) is 0 Å². The normalized spacial score (nSPS) is 14.3. The van der Waals surface area contributed by atoms with E-state index in [1.165, 1.54) is 41.0 Å². The standard InChI is InChI=1S/C18H17Cl2N3O5S2/c1-30(27,28)10-4-2-3-9(5-10)6-12(18(25)26)22-17(24)14-11(19)7-13-16(15(14)20)29-8-23(13)21/h2-5,7,12H,6,8,21H2,1H3,(H,22,24)(H,25,26). The molecule has 0 saturated heterocycles. The molecule has 0 aromatic heterocycles. The van der Waals surface area contributed by atoms with Crippen molar-refractivity contribution in [3.8, 4) is 0 Å². The van der Waals surface area contributed by atoms with Crippen molar-refractivity contribution >= 4 is 62.4 Å². The molecule has 160 valence electrons. The molecule has 1 heterocycles. The number of nitrogens with one attached hydrogen (secondary N) is 1. The van der Waals surface area contributed by atoms with Crippen LogP contribution >= 0.6 is 35.0 Å². The maximum atomic E-state index is 12.8. The molecule has 0 radical (unpaired) electrons. The zero-order valence-electron chi connectivity index (χ0n) is 15.6. The third-order valence-electron chi connectivity index (χ3n) is 4.41. The molecule has 2 aromatic rings. The number of fused-ring (bicyclic) bond motifs is 1. The average molecular weight is 490 g/mol. The lowest BCUT2D eigenvalue weighted by Crippen LogP contribution is -2.42. The molecule has 30 heavy (non-hydrogen) atoms. The highest BCUT2D eigenvalue weighted by Crippen LogP contribution is 2.45. The summed E-state index contributed by atoms with van der Waals surface area (Å²) in [5, 5.41) is 13.5. The molecule has 0 saturated carbocycles. The lowest BCUT2D eigenvalue weighted by atomic mass is 10.1. The molecular formula is C18H17Cl2N3O5S2. The van der Waals surface area contributed by atoms with Gasteiger partial charge in [-0.05, 0) is 23.8 Å². The Hall–Kier alpha value is -1.98. The molecule has 0 spiro atoms. The van der Waals surface area contributed by atoms with Crippen LogP contribution in [0, 0.1) is 0 Å². The van der Waals surface area contributed by atoms with Crippen LogP contribution in [0.1, 0.15) is 15.9 Å². The number of hydrazine groups is 1. The summed E-state index contributed by atoms with van der Waals surface area (Å²) in [6, 6.07) is 6.05. The largest absolute Gasteiger partial charge is 0.480 e. The highest BCUT2D eigenvalue weighted by molar-refractivity contribution is 8.00. The number of nitrogens with two attached hydrogens (primary N) is 1. The Morgan fingerprint density at radius 1 is 1.33 bits per heavy atom. The Balaban J connectivity index is 1.87. The number of benzene rings is 2. The monoisotopic (exact) mass is 489 g/mol. The van der Waals surface area contributed by atoms with Crippen LogP contribution < -0.4 is 16.2 Å². The van der Waals surface area contributed by atoms with Gasteiger partial charge in [-0.25, -0.2) is 19.1 Å². The van der Waals surface area contributed by atoms with E-state index in [0.717, 1.165) is 6.26 Å². The second kappa shape index (κ2) is 8.64. The lowest BCUT2D eigenvalue weighted by molar-refractivity contribution is -0.139. The highest BCUT2D eigenvalue weighted by atomic mass is 35.5. The topological polar surface area (TPSA) is 130 Å². The number of nitrogens with zero attached hydrogens (tertiary/aromatic N) is 1. The van der Waals surface area contributed by atoms with Gasteiger partial charge in [0.15, 0.2) is 9.84 Å². The molecule has 2 aromatic carbocycles. The zero-order chi connectivity index (χ0) is 22.2. The minimum Gasteiger partial charge on any atom is -0.480 e. The quantitative estimate of drug-likeness (QED) is 0.527. The maximum absolute atomic E-state index is 12.8. The van der Waals surface area contributed by atoms with E-state index in [2.05, 4.69) is 5.32 Å². The summed E-state index contributed by atoms with van der Waals surface area (Å²) in [5.41, 5.74) is 0.973. The first-order chi connectivity index (χ1) is 14.0. The molecule has 1 atom stereocenters. The molecule has 3 rings (SSSR count). The number of carbonyl (C=O) groups excluding carboxylic acids is 1. The minimum absolute atomic E-state index is 0.0393. The number of carboxylic acids is 1. The summed E-state index contributed by atoms with van der Waals surface area (Å²) in [6.45, 7) is 0. The van der Waals surface area contributed by atoms with Crippen LogP contribution in [-0.2, 0) is 21.1 Å². The second-order valence-electron chi connectivity index (χ2n) is 6.63. The number of rotatable bonds is 6. The van der Waals surface area contributed by atoms with Crippen LogP contribution in [0.25, 0.3) is 0 Å². The molecule has 12 heteroatoms. The van der Waals surface area contributed by atoms with E-state index in [1.54, 1.807) is 6.07 Å². The summed E-state index contributed by atoms with van der Waals surface area (Å²) in [5.74, 6) is 4.23. The van der Waals surface area contributed by atoms with Crippen LogP contribution in [0.4, 0.5) is 5.69 Å². The van der Waals surface area contributed by atoms with Crippen LogP contribution in [0.15, 0.2) is 40.1 Å². The number of sulfone groups is 1. The number of hydrogen-bond donors (Lipinski definition) is 3. The van der Waals surface area contributed by atoms with Gasteiger partial charge in [-0.1, -0.05) is 47.1 Å². The van der Waals surface area contributed by atoms with Crippen molar-refractivity contribution < 1.29 is 23.1 Å².